The summed E-state index contributed by atoms with van der Waals surface area (Å²) >= 11 is 0. The van der Waals surface area contributed by atoms with Gasteiger partial charge in [-0.25, -0.2) is 9.18 Å². The highest BCUT2D eigenvalue weighted by Crippen LogP contribution is 2.12. The van der Waals surface area contributed by atoms with Gasteiger partial charge in [-0.3, -0.25) is 4.99 Å². The molecule has 164 valence electrons. The molecule has 0 aromatic heterocycles. The molecule has 29 heavy (non-hydrogen) atoms. The van der Waals surface area contributed by atoms with E-state index in [0.717, 1.165) is 5.56 Å². The number of nitrogens with one attached hydrogen (secondary N) is 3. The minimum Gasteiger partial charge on any atom is -0.444 e. The van der Waals surface area contributed by atoms with Crippen LogP contribution in [0.5, 0.6) is 0 Å². The van der Waals surface area contributed by atoms with Crippen molar-refractivity contribution in [3.05, 3.63) is 35.1 Å². The van der Waals surface area contributed by atoms with Crippen molar-refractivity contribution in [1.82, 2.24) is 20.9 Å². The first-order valence-corrected chi connectivity index (χ1v) is 9.69. The van der Waals surface area contributed by atoms with E-state index < -0.39 is 17.2 Å². The monoisotopic (exact) mass is 409 g/mol. The van der Waals surface area contributed by atoms with Crippen LogP contribution in [0, 0.1) is 5.82 Å². The zero-order chi connectivity index (χ0) is 22.2. The van der Waals surface area contributed by atoms with Crippen LogP contribution in [-0.4, -0.2) is 55.8 Å². The molecule has 0 unspecified atom stereocenters. The summed E-state index contributed by atoms with van der Waals surface area (Å²) in [6, 6.07) is 5.09. The second-order valence-corrected chi connectivity index (χ2v) is 8.95. The number of hydrogen-bond acceptors (Lipinski definition) is 4. The number of rotatable bonds is 7. The van der Waals surface area contributed by atoms with E-state index in [4.69, 9.17) is 4.74 Å². The Labute approximate surface area is 174 Å². The van der Waals surface area contributed by atoms with Gasteiger partial charge in [0.05, 0.1) is 5.54 Å². The van der Waals surface area contributed by atoms with Crippen LogP contribution in [0.15, 0.2) is 23.2 Å². The highest BCUT2D eigenvalue weighted by molar-refractivity contribution is 5.79. The molecule has 1 aromatic carbocycles. The Morgan fingerprint density at radius 1 is 1.17 bits per heavy atom. The molecule has 0 spiro atoms. The molecule has 0 aliphatic rings. The maximum Gasteiger partial charge on any atom is 0.408 e. The van der Waals surface area contributed by atoms with Crippen LogP contribution in [0.1, 0.15) is 45.7 Å². The molecule has 0 atom stereocenters. The number of aliphatic imine (C=N–C) groups is 1. The van der Waals surface area contributed by atoms with Gasteiger partial charge in [-0.15, -0.1) is 0 Å². The highest BCUT2D eigenvalue weighted by atomic mass is 19.1. The van der Waals surface area contributed by atoms with Gasteiger partial charge in [-0.1, -0.05) is 6.07 Å². The normalized spacial score (nSPS) is 12.7. The molecule has 8 heteroatoms. The second-order valence-electron chi connectivity index (χ2n) is 8.95. The number of ether oxygens (including phenoxy) is 1. The van der Waals surface area contributed by atoms with Crippen molar-refractivity contribution in [3.8, 4) is 0 Å². The SMILES string of the molecule is CN=C(NCc1ccc(F)c(CN(C)C)c1)NCC(C)(C)NC(=O)OC(C)(C)C. The highest BCUT2D eigenvalue weighted by Gasteiger charge is 2.24. The van der Waals surface area contributed by atoms with E-state index in [9.17, 15) is 9.18 Å². The van der Waals surface area contributed by atoms with Crippen molar-refractivity contribution in [2.24, 2.45) is 4.99 Å². The lowest BCUT2D eigenvalue weighted by Gasteiger charge is -2.29. The molecule has 0 fully saturated rings. The van der Waals surface area contributed by atoms with Gasteiger partial charge in [-0.2, -0.15) is 0 Å². The smallest absolute Gasteiger partial charge is 0.408 e. The van der Waals surface area contributed by atoms with E-state index in [-0.39, 0.29) is 5.82 Å². The summed E-state index contributed by atoms with van der Waals surface area (Å²) in [5.74, 6) is 0.377. The molecule has 3 N–H and O–H groups in total. The van der Waals surface area contributed by atoms with Gasteiger partial charge in [0.1, 0.15) is 11.4 Å². The third-order valence-corrected chi connectivity index (χ3v) is 3.82. The van der Waals surface area contributed by atoms with E-state index in [1.807, 2.05) is 59.7 Å². The number of carbonyl (C=O) groups excluding carboxylic acids is 1. The molecule has 1 rings (SSSR count). The standard InChI is InChI=1S/C21H36FN5O2/c1-20(2,3)29-19(28)26-21(4,5)14-25-18(23-6)24-12-15-9-10-17(22)16(11-15)13-27(7)8/h9-11H,12-14H2,1-8H3,(H,26,28)(H2,23,24,25). The minimum atomic E-state index is -0.550. The third-order valence-electron chi connectivity index (χ3n) is 3.82. The zero-order valence-electron chi connectivity index (χ0n) is 18.9. The van der Waals surface area contributed by atoms with Crippen molar-refractivity contribution >= 4 is 12.1 Å². The van der Waals surface area contributed by atoms with Crippen LogP contribution in [-0.2, 0) is 17.8 Å². The number of benzene rings is 1. The van der Waals surface area contributed by atoms with Crippen molar-refractivity contribution in [2.75, 3.05) is 27.7 Å². The Balaban J connectivity index is 2.59. The summed E-state index contributed by atoms with van der Waals surface area (Å²) in [5.41, 5.74) is 0.512. The number of nitrogens with zero attached hydrogens (tertiary/aromatic N) is 2. The molecule has 0 aliphatic heterocycles. The number of carbonyl (C=O) groups is 1. The van der Waals surface area contributed by atoms with Crippen molar-refractivity contribution in [1.29, 1.82) is 0 Å². The summed E-state index contributed by atoms with van der Waals surface area (Å²) in [6.07, 6.45) is -0.466. The van der Waals surface area contributed by atoms with Gasteiger partial charge in [0.15, 0.2) is 5.96 Å². The Kier molecular flexibility index (Phi) is 8.88. The molecule has 1 amide bonds. The van der Waals surface area contributed by atoms with E-state index >= 15 is 0 Å². The first kappa shape index (κ1) is 24.7. The maximum absolute atomic E-state index is 13.9. The number of alkyl carbamates (subject to hydrolysis) is 1. The number of halogens is 1. The Bertz CT molecular complexity index is 712. The van der Waals surface area contributed by atoms with Crippen LogP contribution >= 0.6 is 0 Å². The molecule has 0 aliphatic carbocycles. The lowest BCUT2D eigenvalue weighted by molar-refractivity contribution is 0.0474. The summed E-state index contributed by atoms with van der Waals surface area (Å²) < 4.78 is 19.2. The largest absolute Gasteiger partial charge is 0.444 e. The van der Waals surface area contributed by atoms with Crippen molar-refractivity contribution < 1.29 is 13.9 Å². The Morgan fingerprint density at radius 2 is 1.83 bits per heavy atom. The fourth-order valence-corrected chi connectivity index (χ4v) is 2.54. The predicted molar refractivity (Wildman–Crippen MR) is 115 cm³/mol. The molecule has 7 nitrogen and oxygen atoms in total. The molecule has 0 heterocycles. The van der Waals surface area contributed by atoms with Crippen LogP contribution in [0.2, 0.25) is 0 Å². The molecule has 0 bridgehead atoms. The van der Waals surface area contributed by atoms with E-state index in [0.29, 0.717) is 31.2 Å². The molecular weight excluding hydrogens is 373 g/mol. The maximum atomic E-state index is 13.9. The Hall–Kier alpha value is -2.35. The van der Waals surface area contributed by atoms with Crippen LogP contribution in [0.3, 0.4) is 0 Å². The third kappa shape index (κ3) is 10.1. The summed E-state index contributed by atoms with van der Waals surface area (Å²) in [6.45, 7) is 10.7. The van der Waals surface area contributed by atoms with Gasteiger partial charge in [0.25, 0.3) is 0 Å². The van der Waals surface area contributed by atoms with Crippen LogP contribution in [0.4, 0.5) is 9.18 Å². The molecular formula is C21H36FN5O2. The van der Waals surface area contributed by atoms with Crippen molar-refractivity contribution in [3.63, 3.8) is 0 Å². The van der Waals surface area contributed by atoms with E-state index in [1.54, 1.807) is 13.1 Å². The zero-order valence-corrected chi connectivity index (χ0v) is 18.9. The number of hydrogen-bond donors (Lipinski definition) is 3. The van der Waals surface area contributed by atoms with Gasteiger partial charge >= 0.3 is 6.09 Å². The van der Waals surface area contributed by atoms with Gasteiger partial charge < -0.3 is 25.6 Å². The molecule has 0 saturated heterocycles. The minimum absolute atomic E-state index is 0.208. The Morgan fingerprint density at radius 3 is 2.38 bits per heavy atom. The number of guanidine groups is 1. The topological polar surface area (TPSA) is 78.0 Å². The first-order chi connectivity index (χ1) is 13.3. The van der Waals surface area contributed by atoms with Crippen LogP contribution < -0.4 is 16.0 Å². The summed E-state index contributed by atoms with van der Waals surface area (Å²) in [5, 5.41) is 9.25. The quantitative estimate of drug-likeness (QED) is 0.477. The predicted octanol–water partition coefficient (Wildman–Crippen LogP) is 2.86. The first-order valence-electron chi connectivity index (χ1n) is 9.69. The average Bonchev–Trinajstić information content (AvgIpc) is 2.54. The lowest BCUT2D eigenvalue weighted by atomic mass is 10.1. The average molecular weight is 410 g/mol. The fourth-order valence-electron chi connectivity index (χ4n) is 2.54. The molecule has 0 saturated carbocycles. The van der Waals surface area contributed by atoms with Gasteiger partial charge in [0.2, 0.25) is 0 Å². The summed E-state index contributed by atoms with van der Waals surface area (Å²) in [4.78, 5) is 18.1. The molecule has 0 radical (unpaired) electrons. The molecule has 1 aromatic rings. The summed E-state index contributed by atoms with van der Waals surface area (Å²) in [7, 11) is 5.48. The van der Waals surface area contributed by atoms with Gasteiger partial charge in [0, 0.05) is 32.2 Å². The number of amides is 1. The fraction of sp³-hybridized carbons (Fsp3) is 0.619. The van der Waals surface area contributed by atoms with E-state index in [1.165, 1.54) is 6.07 Å². The van der Waals surface area contributed by atoms with E-state index in [2.05, 4.69) is 20.9 Å². The van der Waals surface area contributed by atoms with Gasteiger partial charge in [-0.05, 0) is 66.4 Å². The second kappa shape index (κ2) is 10.4. The van der Waals surface area contributed by atoms with Crippen molar-refractivity contribution in [2.45, 2.75) is 58.8 Å². The van der Waals surface area contributed by atoms with Crippen LogP contribution in [0.25, 0.3) is 0 Å². The lowest BCUT2D eigenvalue weighted by Crippen LogP contribution is -2.54.